The molecule has 4 rings (SSSR count). The Balaban J connectivity index is 1.44. The Labute approximate surface area is 167 Å². The van der Waals surface area contributed by atoms with Crippen molar-refractivity contribution in [3.05, 3.63) is 38.9 Å². The number of thiophene rings is 1. The van der Waals surface area contributed by atoms with Crippen LogP contribution in [0.4, 0.5) is 11.8 Å². The molecule has 0 bridgehead atoms. The van der Waals surface area contributed by atoms with Crippen LogP contribution in [0.25, 0.3) is 10.2 Å². The van der Waals surface area contributed by atoms with Crippen LogP contribution in [0, 0.1) is 13.8 Å². The Morgan fingerprint density at radius 2 is 1.93 bits per heavy atom. The first-order chi connectivity index (χ1) is 13.4. The van der Waals surface area contributed by atoms with E-state index in [1.165, 1.54) is 0 Å². The molecule has 1 fully saturated rings. The number of rotatable bonds is 4. The standard InChI is InChI=1S/C19H25N7OS/c1-12-13(2)28-18-16(12)17(27)21-14(22-18)11-25-7-9-26(10-8-25)19-20-6-5-15(23-19)24(3)4/h5-6H,7-11H2,1-4H3,(H,21,22,27). The van der Waals surface area contributed by atoms with Crippen LogP contribution in [-0.4, -0.2) is 65.1 Å². The van der Waals surface area contributed by atoms with Gasteiger partial charge in [0, 0.05) is 51.3 Å². The SMILES string of the molecule is Cc1sc2nc(CN3CCN(c4nccc(N(C)C)n4)CC3)[nH]c(=O)c2c1C. The van der Waals surface area contributed by atoms with Crippen molar-refractivity contribution in [3.8, 4) is 0 Å². The maximum atomic E-state index is 12.5. The molecule has 28 heavy (non-hydrogen) atoms. The van der Waals surface area contributed by atoms with Gasteiger partial charge in [-0.25, -0.2) is 9.97 Å². The summed E-state index contributed by atoms with van der Waals surface area (Å²) in [5, 5.41) is 0.731. The fourth-order valence-electron chi connectivity index (χ4n) is 3.43. The van der Waals surface area contributed by atoms with Crippen LogP contribution in [0.5, 0.6) is 0 Å². The molecule has 0 saturated carbocycles. The smallest absolute Gasteiger partial charge is 0.259 e. The van der Waals surface area contributed by atoms with Gasteiger partial charge in [0.2, 0.25) is 5.95 Å². The van der Waals surface area contributed by atoms with E-state index in [4.69, 9.17) is 4.98 Å². The number of nitrogens with one attached hydrogen (secondary N) is 1. The van der Waals surface area contributed by atoms with E-state index in [1.807, 2.05) is 38.9 Å². The van der Waals surface area contributed by atoms with E-state index < -0.39 is 0 Å². The van der Waals surface area contributed by atoms with Gasteiger partial charge in [0.05, 0.1) is 11.9 Å². The van der Waals surface area contributed by atoms with Gasteiger partial charge >= 0.3 is 0 Å². The molecule has 8 nitrogen and oxygen atoms in total. The van der Waals surface area contributed by atoms with Crippen LogP contribution in [0.1, 0.15) is 16.3 Å². The fraction of sp³-hybridized carbons (Fsp3) is 0.474. The Hall–Kier alpha value is -2.52. The molecule has 4 heterocycles. The zero-order valence-corrected chi connectivity index (χ0v) is 17.5. The first kappa shape index (κ1) is 18.8. The number of H-pyrrole nitrogens is 1. The highest BCUT2D eigenvalue weighted by atomic mass is 32.1. The third-order valence-corrected chi connectivity index (χ3v) is 6.30. The number of fused-ring (bicyclic) bond motifs is 1. The van der Waals surface area contributed by atoms with Crippen LogP contribution in [0.2, 0.25) is 0 Å². The largest absolute Gasteiger partial charge is 0.363 e. The molecule has 3 aromatic rings. The number of hydrogen-bond acceptors (Lipinski definition) is 8. The normalized spacial score (nSPS) is 15.4. The van der Waals surface area contributed by atoms with Gasteiger partial charge in [-0.05, 0) is 25.5 Å². The molecule has 0 atom stereocenters. The molecule has 1 saturated heterocycles. The number of piperazine rings is 1. The molecule has 0 aliphatic carbocycles. The predicted molar refractivity (Wildman–Crippen MR) is 114 cm³/mol. The number of hydrogen-bond donors (Lipinski definition) is 1. The fourth-order valence-corrected chi connectivity index (χ4v) is 4.48. The average Bonchev–Trinajstić information content (AvgIpc) is 2.96. The second kappa shape index (κ2) is 7.48. The van der Waals surface area contributed by atoms with Gasteiger partial charge < -0.3 is 14.8 Å². The minimum atomic E-state index is -0.0330. The molecule has 0 amide bonds. The Bertz CT molecular complexity index is 1050. The highest BCUT2D eigenvalue weighted by molar-refractivity contribution is 7.18. The van der Waals surface area contributed by atoms with Gasteiger partial charge in [0.1, 0.15) is 16.5 Å². The zero-order chi connectivity index (χ0) is 19.8. The lowest BCUT2D eigenvalue weighted by molar-refractivity contribution is 0.243. The van der Waals surface area contributed by atoms with Gasteiger partial charge in [0.25, 0.3) is 5.56 Å². The molecular weight excluding hydrogens is 374 g/mol. The van der Waals surface area contributed by atoms with Gasteiger partial charge in [0.15, 0.2) is 0 Å². The Kier molecular flexibility index (Phi) is 5.03. The van der Waals surface area contributed by atoms with Gasteiger partial charge in [-0.3, -0.25) is 9.69 Å². The van der Waals surface area contributed by atoms with Gasteiger partial charge in [-0.2, -0.15) is 4.98 Å². The molecule has 0 unspecified atom stereocenters. The summed E-state index contributed by atoms with van der Waals surface area (Å²) < 4.78 is 0. The lowest BCUT2D eigenvalue weighted by atomic mass is 10.2. The van der Waals surface area contributed by atoms with E-state index in [0.29, 0.717) is 6.54 Å². The Morgan fingerprint density at radius 1 is 1.18 bits per heavy atom. The van der Waals surface area contributed by atoms with Crippen molar-refractivity contribution < 1.29 is 0 Å². The second-order valence-electron chi connectivity index (χ2n) is 7.35. The predicted octanol–water partition coefficient (Wildman–Crippen LogP) is 1.78. The summed E-state index contributed by atoms with van der Waals surface area (Å²) in [4.78, 5) is 37.7. The van der Waals surface area contributed by atoms with Crippen molar-refractivity contribution in [1.82, 2.24) is 24.8 Å². The molecule has 0 radical (unpaired) electrons. The third kappa shape index (κ3) is 3.59. The summed E-state index contributed by atoms with van der Waals surface area (Å²) in [6.07, 6.45) is 1.80. The van der Waals surface area contributed by atoms with Crippen LogP contribution in [0.15, 0.2) is 17.1 Å². The van der Waals surface area contributed by atoms with Crippen molar-refractivity contribution in [2.45, 2.75) is 20.4 Å². The number of anilines is 2. The van der Waals surface area contributed by atoms with Crippen molar-refractivity contribution in [3.63, 3.8) is 0 Å². The third-order valence-electron chi connectivity index (χ3n) is 5.20. The maximum Gasteiger partial charge on any atom is 0.259 e. The topological polar surface area (TPSA) is 81.2 Å². The molecule has 0 spiro atoms. The van der Waals surface area contributed by atoms with Gasteiger partial charge in [-0.15, -0.1) is 11.3 Å². The quantitative estimate of drug-likeness (QED) is 0.716. The number of nitrogens with zero attached hydrogens (tertiary/aromatic N) is 6. The Morgan fingerprint density at radius 3 is 2.64 bits per heavy atom. The van der Waals surface area contributed by atoms with Crippen LogP contribution < -0.4 is 15.4 Å². The van der Waals surface area contributed by atoms with E-state index in [2.05, 4.69) is 24.8 Å². The summed E-state index contributed by atoms with van der Waals surface area (Å²) >= 11 is 1.59. The van der Waals surface area contributed by atoms with Crippen LogP contribution in [0.3, 0.4) is 0 Å². The maximum absolute atomic E-state index is 12.5. The summed E-state index contributed by atoms with van der Waals surface area (Å²) in [6, 6.07) is 1.91. The van der Waals surface area contributed by atoms with Crippen molar-refractivity contribution >= 4 is 33.3 Å². The lowest BCUT2D eigenvalue weighted by Gasteiger charge is -2.34. The summed E-state index contributed by atoms with van der Waals surface area (Å²) in [6.45, 7) is 8.11. The molecule has 148 valence electrons. The number of aryl methyl sites for hydroxylation is 2. The number of aromatic amines is 1. The molecule has 0 aromatic carbocycles. The molecule has 1 N–H and O–H groups in total. The van der Waals surface area contributed by atoms with Gasteiger partial charge in [-0.1, -0.05) is 0 Å². The minimum absolute atomic E-state index is 0.0330. The van der Waals surface area contributed by atoms with E-state index in [-0.39, 0.29) is 5.56 Å². The first-order valence-electron chi connectivity index (χ1n) is 9.39. The van der Waals surface area contributed by atoms with Crippen molar-refractivity contribution in [1.29, 1.82) is 0 Å². The first-order valence-corrected chi connectivity index (χ1v) is 10.2. The monoisotopic (exact) mass is 399 g/mol. The molecular formula is C19H25N7OS. The second-order valence-corrected chi connectivity index (χ2v) is 8.55. The molecule has 1 aliphatic heterocycles. The van der Waals surface area contributed by atoms with Crippen LogP contribution in [-0.2, 0) is 6.54 Å². The zero-order valence-electron chi connectivity index (χ0n) is 16.7. The summed E-state index contributed by atoms with van der Waals surface area (Å²) in [7, 11) is 3.95. The van der Waals surface area contributed by atoms with Crippen molar-refractivity contribution in [2.75, 3.05) is 50.1 Å². The van der Waals surface area contributed by atoms with E-state index in [9.17, 15) is 4.79 Å². The summed E-state index contributed by atoms with van der Waals surface area (Å²) in [5.74, 6) is 2.41. The molecule has 1 aliphatic rings. The molecule has 3 aromatic heterocycles. The minimum Gasteiger partial charge on any atom is -0.363 e. The highest BCUT2D eigenvalue weighted by Crippen LogP contribution is 2.26. The van der Waals surface area contributed by atoms with E-state index in [1.54, 1.807) is 17.5 Å². The highest BCUT2D eigenvalue weighted by Gasteiger charge is 2.21. The summed E-state index contributed by atoms with van der Waals surface area (Å²) in [5.41, 5.74) is 1.00. The molecule has 9 heteroatoms. The average molecular weight is 400 g/mol. The lowest BCUT2D eigenvalue weighted by Crippen LogP contribution is -2.47. The van der Waals surface area contributed by atoms with E-state index in [0.717, 1.165) is 64.4 Å². The van der Waals surface area contributed by atoms with E-state index >= 15 is 0 Å². The number of aromatic nitrogens is 4. The van der Waals surface area contributed by atoms with Crippen LogP contribution >= 0.6 is 11.3 Å². The van der Waals surface area contributed by atoms with Crippen molar-refractivity contribution in [2.24, 2.45) is 0 Å².